The highest BCUT2D eigenvalue weighted by atomic mass is 16.5. The molecule has 0 spiro atoms. The molecule has 1 saturated carbocycles. The Morgan fingerprint density at radius 3 is 2.63 bits per heavy atom. The van der Waals surface area contributed by atoms with E-state index in [4.69, 9.17) is 15.5 Å². The maximum absolute atomic E-state index is 12.5. The number of carbonyl (C=O) groups is 3. The van der Waals surface area contributed by atoms with E-state index in [-0.39, 0.29) is 11.9 Å². The smallest absolute Gasteiger partial charge is 0.291 e. The fourth-order valence-corrected chi connectivity index (χ4v) is 4.52. The normalized spacial score (nSPS) is 17.9. The van der Waals surface area contributed by atoms with Crippen molar-refractivity contribution in [1.82, 2.24) is 9.88 Å². The molecule has 2 fully saturated rings. The quantitative estimate of drug-likeness (QED) is 0.559. The predicted octanol–water partition coefficient (Wildman–Crippen LogP) is 2.81. The molecule has 1 atom stereocenters. The Balaban J connectivity index is 1.58. The molecule has 1 saturated heterocycles. The second kappa shape index (κ2) is 10.4. The van der Waals surface area contributed by atoms with Crippen LogP contribution in [0.1, 0.15) is 44.7 Å². The molecular formula is C26H33N5O4. The van der Waals surface area contributed by atoms with Crippen molar-refractivity contribution in [2.45, 2.75) is 45.1 Å². The summed E-state index contributed by atoms with van der Waals surface area (Å²) < 4.78 is 5.05. The number of aromatic nitrogens is 1. The molecule has 1 aliphatic carbocycles. The number of anilines is 3. The summed E-state index contributed by atoms with van der Waals surface area (Å²) in [7, 11) is 1.60. The molecule has 4 rings (SSSR count). The number of ketones is 1. The number of rotatable bonds is 8. The first-order valence-corrected chi connectivity index (χ1v) is 12.0. The number of nitrogen functional groups attached to an aromatic ring is 1. The monoisotopic (exact) mass is 479 g/mol. The summed E-state index contributed by atoms with van der Waals surface area (Å²) in [6.45, 7) is 5.64. The molecule has 3 N–H and O–H groups in total. The van der Waals surface area contributed by atoms with Gasteiger partial charge in [-0.3, -0.25) is 14.4 Å². The number of hydrogen-bond acceptors (Lipinski definition) is 7. The van der Waals surface area contributed by atoms with Crippen molar-refractivity contribution in [1.29, 1.82) is 0 Å². The van der Waals surface area contributed by atoms with Gasteiger partial charge in [0.2, 0.25) is 11.7 Å². The molecule has 1 aromatic heterocycles. The average Bonchev–Trinajstić information content (AvgIpc) is 3.68. The first-order valence-electron chi connectivity index (χ1n) is 12.0. The molecular weight excluding hydrogens is 446 g/mol. The molecule has 0 radical (unpaired) electrons. The summed E-state index contributed by atoms with van der Waals surface area (Å²) in [5.41, 5.74) is 10.5. The summed E-state index contributed by atoms with van der Waals surface area (Å²) in [4.78, 5) is 44.8. The van der Waals surface area contributed by atoms with Crippen LogP contribution in [0.25, 0.3) is 11.1 Å². The van der Waals surface area contributed by atoms with Crippen LogP contribution in [0.2, 0.25) is 0 Å². The molecule has 2 aromatic rings. The van der Waals surface area contributed by atoms with Gasteiger partial charge in [-0.1, -0.05) is 12.1 Å². The Bertz CT molecular complexity index is 1130. The molecule has 9 heteroatoms. The lowest BCUT2D eigenvalue weighted by Gasteiger charge is -2.41. The van der Waals surface area contributed by atoms with E-state index in [1.54, 1.807) is 13.2 Å². The Morgan fingerprint density at radius 1 is 1.20 bits per heavy atom. The summed E-state index contributed by atoms with van der Waals surface area (Å²) in [6, 6.07) is 9.39. The maximum Gasteiger partial charge on any atom is 0.291 e. The molecule has 0 unspecified atom stereocenters. The van der Waals surface area contributed by atoms with Crippen LogP contribution in [0.3, 0.4) is 0 Å². The fourth-order valence-electron chi connectivity index (χ4n) is 4.52. The van der Waals surface area contributed by atoms with Crippen LogP contribution in [0.4, 0.5) is 17.2 Å². The Hall–Kier alpha value is -3.46. The molecule has 2 aliphatic rings. The SMILES string of the molecule is COCCC(=O)N1CCN(c2nc(C3CC3)c(-c3cccc(NC(=O)C(C)=O)c3)cc2N)C[C@H]1C. The van der Waals surface area contributed by atoms with Crippen molar-refractivity contribution in [2.75, 3.05) is 49.3 Å². The van der Waals surface area contributed by atoms with Crippen LogP contribution in [-0.4, -0.2) is 66.9 Å². The highest BCUT2D eigenvalue weighted by molar-refractivity contribution is 6.39. The van der Waals surface area contributed by atoms with Crippen LogP contribution >= 0.6 is 0 Å². The van der Waals surface area contributed by atoms with E-state index in [9.17, 15) is 14.4 Å². The minimum atomic E-state index is -0.647. The number of amides is 2. The third-order valence-electron chi connectivity index (χ3n) is 6.54. The number of nitrogens with one attached hydrogen (secondary N) is 1. The molecule has 9 nitrogen and oxygen atoms in total. The van der Waals surface area contributed by atoms with E-state index in [1.165, 1.54) is 6.92 Å². The number of hydrogen-bond donors (Lipinski definition) is 2. The molecule has 35 heavy (non-hydrogen) atoms. The van der Waals surface area contributed by atoms with Crippen molar-refractivity contribution in [3.8, 4) is 11.1 Å². The van der Waals surface area contributed by atoms with Gasteiger partial charge in [0.05, 0.1) is 24.4 Å². The molecule has 2 amide bonds. The van der Waals surface area contributed by atoms with E-state index in [1.807, 2.05) is 36.1 Å². The summed E-state index contributed by atoms with van der Waals surface area (Å²) in [6.07, 6.45) is 2.53. The van der Waals surface area contributed by atoms with Crippen LogP contribution in [0.15, 0.2) is 30.3 Å². The third-order valence-corrected chi connectivity index (χ3v) is 6.54. The summed E-state index contributed by atoms with van der Waals surface area (Å²) in [5.74, 6) is 0.0398. The van der Waals surface area contributed by atoms with Gasteiger partial charge >= 0.3 is 0 Å². The number of piperazine rings is 1. The average molecular weight is 480 g/mol. The minimum absolute atomic E-state index is 0.0416. The first-order chi connectivity index (χ1) is 16.8. The number of ether oxygens (including phenoxy) is 1. The van der Waals surface area contributed by atoms with Crippen molar-refractivity contribution >= 4 is 34.8 Å². The van der Waals surface area contributed by atoms with Gasteiger partial charge in [0.15, 0.2) is 5.82 Å². The topological polar surface area (TPSA) is 118 Å². The lowest BCUT2D eigenvalue weighted by Crippen LogP contribution is -2.54. The zero-order valence-corrected chi connectivity index (χ0v) is 20.5. The number of carbonyl (C=O) groups excluding carboxylic acids is 3. The van der Waals surface area contributed by atoms with E-state index >= 15 is 0 Å². The Kier molecular flexibility index (Phi) is 7.35. The zero-order chi connectivity index (χ0) is 25.1. The van der Waals surface area contributed by atoms with Gasteiger partial charge in [0.1, 0.15) is 0 Å². The minimum Gasteiger partial charge on any atom is -0.396 e. The van der Waals surface area contributed by atoms with Gasteiger partial charge in [-0.05, 0) is 43.5 Å². The van der Waals surface area contributed by atoms with Gasteiger partial charge in [-0.15, -0.1) is 0 Å². The molecule has 0 bridgehead atoms. The zero-order valence-electron chi connectivity index (χ0n) is 20.5. The standard InChI is InChI=1S/C26H33N5O4/c1-16-15-30(10-11-31(16)23(33)9-12-35-3)25-22(27)14-21(24(29-25)18-7-8-18)19-5-4-6-20(13-19)28-26(34)17(2)32/h4-6,13-14,16,18H,7-12,15,27H2,1-3H3,(H,28,34)/t16-/m1/s1. The van der Waals surface area contributed by atoms with E-state index in [2.05, 4.69) is 10.2 Å². The molecule has 1 aromatic carbocycles. The number of nitrogens with two attached hydrogens (primary N) is 1. The Labute approximate surface area is 205 Å². The van der Waals surface area contributed by atoms with E-state index in [0.717, 1.165) is 35.5 Å². The third kappa shape index (κ3) is 5.62. The van der Waals surface area contributed by atoms with Crippen molar-refractivity contribution in [3.05, 3.63) is 36.0 Å². The molecule has 186 valence electrons. The number of pyridine rings is 1. The lowest BCUT2D eigenvalue weighted by molar-refractivity contribution is -0.134. The highest BCUT2D eigenvalue weighted by Crippen LogP contribution is 2.45. The second-order valence-corrected chi connectivity index (χ2v) is 9.32. The van der Waals surface area contributed by atoms with Crippen LogP contribution in [0, 0.1) is 0 Å². The Morgan fingerprint density at radius 2 is 1.97 bits per heavy atom. The van der Waals surface area contributed by atoms with E-state index in [0.29, 0.717) is 50.0 Å². The van der Waals surface area contributed by atoms with Crippen molar-refractivity contribution < 1.29 is 19.1 Å². The lowest BCUT2D eigenvalue weighted by atomic mass is 9.99. The number of methoxy groups -OCH3 is 1. The highest BCUT2D eigenvalue weighted by Gasteiger charge is 2.32. The van der Waals surface area contributed by atoms with Gasteiger partial charge in [0, 0.05) is 56.9 Å². The van der Waals surface area contributed by atoms with Crippen molar-refractivity contribution in [3.63, 3.8) is 0 Å². The van der Waals surface area contributed by atoms with Crippen LogP contribution in [-0.2, 0) is 19.1 Å². The number of Topliss-reactive ketones (excluding diaryl/α,β-unsaturated/α-hetero) is 1. The second-order valence-electron chi connectivity index (χ2n) is 9.32. The first kappa shape index (κ1) is 24.7. The van der Waals surface area contributed by atoms with Gasteiger partial charge < -0.3 is 25.6 Å². The largest absolute Gasteiger partial charge is 0.396 e. The fraction of sp³-hybridized carbons (Fsp3) is 0.462. The van der Waals surface area contributed by atoms with Crippen molar-refractivity contribution in [2.24, 2.45) is 0 Å². The summed E-state index contributed by atoms with van der Waals surface area (Å²) >= 11 is 0. The van der Waals surface area contributed by atoms with E-state index < -0.39 is 11.7 Å². The summed E-state index contributed by atoms with van der Waals surface area (Å²) in [5, 5.41) is 2.64. The van der Waals surface area contributed by atoms with Gasteiger partial charge in [0.25, 0.3) is 5.91 Å². The predicted molar refractivity (Wildman–Crippen MR) is 135 cm³/mol. The molecule has 2 heterocycles. The number of nitrogens with zero attached hydrogens (tertiary/aromatic N) is 3. The van der Waals surface area contributed by atoms with Crippen LogP contribution < -0.4 is 16.0 Å². The molecule has 1 aliphatic heterocycles. The van der Waals surface area contributed by atoms with Gasteiger partial charge in [-0.2, -0.15) is 0 Å². The maximum atomic E-state index is 12.5. The van der Waals surface area contributed by atoms with Crippen LogP contribution in [0.5, 0.6) is 0 Å². The van der Waals surface area contributed by atoms with Gasteiger partial charge in [-0.25, -0.2) is 4.98 Å². The number of benzene rings is 1.